The Kier molecular flexibility index (Phi) is 5.08. The van der Waals surface area contributed by atoms with E-state index in [9.17, 15) is 13.7 Å². The Morgan fingerprint density at radius 3 is 2.65 bits per heavy atom. The summed E-state index contributed by atoms with van der Waals surface area (Å²) >= 11 is 0. The minimum Gasteiger partial charge on any atom is -0.508 e. The standard InChI is InChI=1S/C12H18FNO2S/c1-8(17(3)16)7-14-9(2)11-5-4-10(13)6-12(11)15/h4-6,8-9,14-15H,7H2,1-3H3. The number of aromatic hydroxyl groups is 1. The van der Waals surface area contributed by atoms with Crippen molar-refractivity contribution in [3.8, 4) is 5.75 Å². The molecule has 0 fully saturated rings. The molecule has 0 aliphatic carbocycles. The van der Waals surface area contributed by atoms with Gasteiger partial charge in [-0.05, 0) is 19.9 Å². The second-order valence-corrected chi connectivity index (χ2v) is 5.94. The largest absolute Gasteiger partial charge is 0.508 e. The van der Waals surface area contributed by atoms with Crippen molar-refractivity contribution in [2.45, 2.75) is 25.1 Å². The van der Waals surface area contributed by atoms with Gasteiger partial charge in [-0.15, -0.1) is 0 Å². The highest BCUT2D eigenvalue weighted by Gasteiger charge is 2.13. The van der Waals surface area contributed by atoms with Crippen molar-refractivity contribution >= 4 is 10.8 Å². The molecule has 1 rings (SSSR count). The van der Waals surface area contributed by atoms with Crippen LogP contribution < -0.4 is 5.32 Å². The molecule has 0 spiro atoms. The SMILES string of the molecule is CC(NCC(C)S(C)=O)c1ccc(F)cc1O. The van der Waals surface area contributed by atoms with Crippen LogP contribution in [0.1, 0.15) is 25.5 Å². The number of rotatable bonds is 5. The normalized spacial score (nSPS) is 16.5. The van der Waals surface area contributed by atoms with Gasteiger partial charge in [0.1, 0.15) is 11.6 Å². The highest BCUT2D eigenvalue weighted by molar-refractivity contribution is 7.84. The van der Waals surface area contributed by atoms with Gasteiger partial charge in [-0.3, -0.25) is 4.21 Å². The number of phenols is 1. The molecule has 1 aromatic rings. The molecule has 1 aromatic carbocycles. The maximum atomic E-state index is 12.8. The third kappa shape index (κ3) is 4.09. The molecular formula is C12H18FNO2S. The second-order valence-electron chi connectivity index (χ2n) is 4.14. The summed E-state index contributed by atoms with van der Waals surface area (Å²) in [6, 6.07) is 3.85. The third-order valence-electron chi connectivity index (χ3n) is 2.74. The Hall–Kier alpha value is -0.940. The molecule has 17 heavy (non-hydrogen) atoms. The van der Waals surface area contributed by atoms with E-state index in [1.807, 2.05) is 13.8 Å². The monoisotopic (exact) mass is 259 g/mol. The third-order valence-corrected chi connectivity index (χ3v) is 4.04. The summed E-state index contributed by atoms with van der Waals surface area (Å²) in [6.07, 6.45) is 1.66. The maximum absolute atomic E-state index is 12.8. The van der Waals surface area contributed by atoms with E-state index in [2.05, 4.69) is 5.32 Å². The van der Waals surface area contributed by atoms with Gasteiger partial charge in [0.15, 0.2) is 0 Å². The summed E-state index contributed by atoms with van der Waals surface area (Å²) in [7, 11) is -0.877. The van der Waals surface area contributed by atoms with Gasteiger partial charge in [-0.2, -0.15) is 0 Å². The molecule has 5 heteroatoms. The van der Waals surface area contributed by atoms with Crippen molar-refractivity contribution < 1.29 is 13.7 Å². The zero-order valence-corrected chi connectivity index (χ0v) is 11.1. The summed E-state index contributed by atoms with van der Waals surface area (Å²) in [6.45, 7) is 4.35. The van der Waals surface area contributed by atoms with Gasteiger partial charge in [0, 0.05) is 46.5 Å². The van der Waals surface area contributed by atoms with E-state index < -0.39 is 16.6 Å². The van der Waals surface area contributed by atoms with Gasteiger partial charge in [0.05, 0.1) is 0 Å². The van der Waals surface area contributed by atoms with Gasteiger partial charge in [-0.1, -0.05) is 6.07 Å². The predicted octanol–water partition coefficient (Wildman–Crippen LogP) is 1.95. The van der Waals surface area contributed by atoms with E-state index in [-0.39, 0.29) is 17.0 Å². The van der Waals surface area contributed by atoms with Crippen LogP contribution in [0.15, 0.2) is 18.2 Å². The summed E-state index contributed by atoms with van der Waals surface area (Å²) in [5.41, 5.74) is 0.639. The minimum atomic E-state index is -0.877. The number of phenolic OH excluding ortho intramolecular Hbond substituents is 1. The molecule has 0 aliphatic rings. The average Bonchev–Trinajstić information content (AvgIpc) is 2.25. The predicted molar refractivity (Wildman–Crippen MR) is 68.0 cm³/mol. The number of hydrogen-bond acceptors (Lipinski definition) is 3. The molecule has 0 heterocycles. The molecule has 0 amide bonds. The first-order chi connectivity index (χ1) is 7.91. The van der Waals surface area contributed by atoms with Gasteiger partial charge in [0.25, 0.3) is 0 Å². The molecule has 0 saturated heterocycles. The molecular weight excluding hydrogens is 241 g/mol. The van der Waals surface area contributed by atoms with Crippen molar-refractivity contribution in [2.24, 2.45) is 0 Å². The summed E-state index contributed by atoms with van der Waals surface area (Å²) in [4.78, 5) is 0. The Balaban J connectivity index is 2.64. The number of benzene rings is 1. The molecule has 2 N–H and O–H groups in total. The molecule has 0 aromatic heterocycles. The summed E-state index contributed by atoms with van der Waals surface area (Å²) in [5.74, 6) is -0.517. The highest BCUT2D eigenvalue weighted by Crippen LogP contribution is 2.24. The van der Waals surface area contributed by atoms with Crippen LogP contribution >= 0.6 is 0 Å². The van der Waals surface area contributed by atoms with E-state index >= 15 is 0 Å². The molecule has 3 atom stereocenters. The fourth-order valence-electron chi connectivity index (χ4n) is 1.45. The highest BCUT2D eigenvalue weighted by atomic mass is 32.2. The van der Waals surface area contributed by atoms with E-state index in [0.29, 0.717) is 12.1 Å². The quantitative estimate of drug-likeness (QED) is 0.849. The lowest BCUT2D eigenvalue weighted by atomic mass is 10.1. The Morgan fingerprint density at radius 2 is 2.12 bits per heavy atom. The fourth-order valence-corrected chi connectivity index (χ4v) is 1.78. The Bertz CT molecular complexity index is 411. The Labute approximate surface area is 104 Å². The van der Waals surface area contributed by atoms with Gasteiger partial charge in [0.2, 0.25) is 0 Å². The first kappa shape index (κ1) is 14.1. The van der Waals surface area contributed by atoms with E-state index in [1.54, 1.807) is 12.3 Å². The topological polar surface area (TPSA) is 49.3 Å². The van der Waals surface area contributed by atoms with Crippen LogP contribution in [-0.2, 0) is 10.8 Å². The van der Waals surface area contributed by atoms with Crippen molar-refractivity contribution in [3.63, 3.8) is 0 Å². The Morgan fingerprint density at radius 1 is 1.47 bits per heavy atom. The van der Waals surface area contributed by atoms with Crippen molar-refractivity contribution in [2.75, 3.05) is 12.8 Å². The molecule has 3 unspecified atom stereocenters. The maximum Gasteiger partial charge on any atom is 0.126 e. The van der Waals surface area contributed by atoms with E-state index in [1.165, 1.54) is 6.07 Å². The van der Waals surface area contributed by atoms with Crippen molar-refractivity contribution in [1.29, 1.82) is 0 Å². The van der Waals surface area contributed by atoms with Crippen molar-refractivity contribution in [1.82, 2.24) is 5.32 Å². The number of halogens is 1. The lowest BCUT2D eigenvalue weighted by Gasteiger charge is -2.17. The smallest absolute Gasteiger partial charge is 0.126 e. The van der Waals surface area contributed by atoms with Crippen LogP contribution in [0.25, 0.3) is 0 Å². The van der Waals surface area contributed by atoms with Gasteiger partial charge < -0.3 is 10.4 Å². The fraction of sp³-hybridized carbons (Fsp3) is 0.500. The molecule has 3 nitrogen and oxygen atoms in total. The molecule has 0 aliphatic heterocycles. The van der Waals surface area contributed by atoms with Crippen LogP contribution in [0.2, 0.25) is 0 Å². The van der Waals surface area contributed by atoms with E-state index in [4.69, 9.17) is 0 Å². The molecule has 96 valence electrons. The first-order valence-corrected chi connectivity index (χ1v) is 7.08. The van der Waals surface area contributed by atoms with Gasteiger partial charge in [-0.25, -0.2) is 4.39 Å². The van der Waals surface area contributed by atoms with Crippen molar-refractivity contribution in [3.05, 3.63) is 29.6 Å². The van der Waals surface area contributed by atoms with Crippen LogP contribution in [0.5, 0.6) is 5.75 Å². The summed E-state index contributed by atoms with van der Waals surface area (Å²) < 4.78 is 24.0. The average molecular weight is 259 g/mol. The lowest BCUT2D eigenvalue weighted by Crippen LogP contribution is -2.29. The van der Waals surface area contributed by atoms with Crippen LogP contribution in [0.4, 0.5) is 4.39 Å². The second kappa shape index (κ2) is 6.12. The molecule has 0 radical (unpaired) electrons. The van der Waals surface area contributed by atoms with Gasteiger partial charge >= 0.3 is 0 Å². The lowest BCUT2D eigenvalue weighted by molar-refractivity contribution is 0.447. The molecule has 0 saturated carbocycles. The minimum absolute atomic E-state index is 0.0417. The summed E-state index contributed by atoms with van der Waals surface area (Å²) in [5, 5.41) is 12.8. The van der Waals surface area contributed by atoms with E-state index in [0.717, 1.165) is 6.07 Å². The van der Waals surface area contributed by atoms with Crippen LogP contribution in [0.3, 0.4) is 0 Å². The van der Waals surface area contributed by atoms with Crippen LogP contribution in [0, 0.1) is 5.82 Å². The zero-order valence-electron chi connectivity index (χ0n) is 10.2. The molecule has 0 bridgehead atoms. The number of nitrogens with one attached hydrogen (secondary N) is 1. The number of hydrogen-bond donors (Lipinski definition) is 2. The van der Waals surface area contributed by atoms with Crippen LogP contribution in [-0.4, -0.2) is 27.4 Å². The first-order valence-electron chi connectivity index (χ1n) is 5.46. The zero-order chi connectivity index (χ0) is 13.0.